The molecule has 2 rings (SSSR count). The predicted octanol–water partition coefficient (Wildman–Crippen LogP) is 2.88. The second-order valence-electron chi connectivity index (χ2n) is 6.83. The van der Waals surface area contributed by atoms with Crippen molar-refractivity contribution in [1.82, 2.24) is 5.32 Å². The van der Waals surface area contributed by atoms with E-state index in [1.165, 1.54) is 0 Å². The molecule has 2 aromatic rings. The summed E-state index contributed by atoms with van der Waals surface area (Å²) in [5, 5.41) is 14.3. The first-order valence-corrected chi connectivity index (χ1v) is 9.22. The Hall–Kier alpha value is -3.66. The van der Waals surface area contributed by atoms with Gasteiger partial charge in [-0.2, -0.15) is 5.26 Å². The molecule has 2 aromatic carbocycles. The first kappa shape index (κ1) is 21.6. The van der Waals surface area contributed by atoms with Crippen molar-refractivity contribution in [1.29, 1.82) is 5.26 Å². The predicted molar refractivity (Wildman–Crippen MR) is 108 cm³/mol. The zero-order chi connectivity index (χ0) is 21.2. The number of esters is 1. The molecule has 0 unspecified atom stereocenters. The molecule has 0 aliphatic heterocycles. The van der Waals surface area contributed by atoms with Gasteiger partial charge in [0, 0.05) is 5.56 Å². The summed E-state index contributed by atoms with van der Waals surface area (Å²) in [6, 6.07) is 16.2. The van der Waals surface area contributed by atoms with Gasteiger partial charge in [-0.1, -0.05) is 44.2 Å². The molecule has 0 aliphatic carbocycles. The number of nitrogens with zero attached hydrogens (tertiary/aromatic N) is 1. The molecule has 0 aliphatic rings. The van der Waals surface area contributed by atoms with E-state index < -0.39 is 24.5 Å². The Bertz CT molecular complexity index is 904. The van der Waals surface area contributed by atoms with E-state index in [0.29, 0.717) is 23.2 Å². The van der Waals surface area contributed by atoms with Crippen LogP contribution in [0.3, 0.4) is 0 Å². The number of nitrogens with one attached hydrogen (secondary N) is 2. The van der Waals surface area contributed by atoms with E-state index in [1.807, 2.05) is 19.9 Å². The van der Waals surface area contributed by atoms with Crippen LogP contribution in [-0.4, -0.2) is 30.4 Å². The summed E-state index contributed by atoms with van der Waals surface area (Å²) in [5.41, 5.74) is 1.08. The lowest BCUT2D eigenvalue weighted by molar-refractivity contribution is -0.149. The quantitative estimate of drug-likeness (QED) is 0.671. The molecule has 150 valence electrons. The van der Waals surface area contributed by atoms with Crippen LogP contribution in [-0.2, 0) is 14.3 Å². The Kier molecular flexibility index (Phi) is 7.92. The fourth-order valence-electron chi connectivity index (χ4n) is 2.63. The van der Waals surface area contributed by atoms with E-state index >= 15 is 0 Å². The zero-order valence-corrected chi connectivity index (χ0v) is 16.3. The summed E-state index contributed by atoms with van der Waals surface area (Å²) in [4.78, 5) is 36.9. The van der Waals surface area contributed by atoms with Crippen LogP contribution in [0.1, 0.15) is 36.2 Å². The fraction of sp³-hybridized carbons (Fsp3) is 0.273. The number of ether oxygens (including phenoxy) is 1. The zero-order valence-electron chi connectivity index (χ0n) is 16.3. The monoisotopic (exact) mass is 393 g/mol. The Morgan fingerprint density at radius 1 is 1.03 bits per heavy atom. The van der Waals surface area contributed by atoms with Crippen molar-refractivity contribution < 1.29 is 19.1 Å². The normalized spacial score (nSPS) is 11.2. The third-order valence-corrected chi connectivity index (χ3v) is 4.00. The van der Waals surface area contributed by atoms with E-state index in [2.05, 4.69) is 10.6 Å². The third-order valence-electron chi connectivity index (χ3n) is 4.00. The largest absolute Gasteiger partial charge is 0.454 e. The number of carbonyl (C=O) groups is 3. The summed E-state index contributed by atoms with van der Waals surface area (Å²) in [6.45, 7) is 3.31. The maximum Gasteiger partial charge on any atom is 0.329 e. The molecule has 29 heavy (non-hydrogen) atoms. The molecule has 2 amide bonds. The van der Waals surface area contributed by atoms with Gasteiger partial charge < -0.3 is 15.4 Å². The van der Waals surface area contributed by atoms with Crippen molar-refractivity contribution in [3.05, 3.63) is 65.7 Å². The maximum absolute atomic E-state index is 12.5. The van der Waals surface area contributed by atoms with E-state index in [-0.39, 0.29) is 11.8 Å². The molecule has 0 bridgehead atoms. The van der Waals surface area contributed by atoms with Crippen LogP contribution in [0.4, 0.5) is 5.69 Å². The van der Waals surface area contributed by atoms with Gasteiger partial charge in [0.2, 0.25) is 0 Å². The number of nitriles is 1. The second-order valence-corrected chi connectivity index (χ2v) is 6.83. The number of anilines is 1. The number of para-hydroxylation sites is 1. The van der Waals surface area contributed by atoms with E-state index in [9.17, 15) is 14.4 Å². The molecule has 0 saturated heterocycles. The lowest BCUT2D eigenvalue weighted by Crippen LogP contribution is -2.43. The van der Waals surface area contributed by atoms with E-state index in [1.54, 1.807) is 54.6 Å². The molecule has 0 aromatic heterocycles. The van der Waals surface area contributed by atoms with Gasteiger partial charge >= 0.3 is 5.97 Å². The van der Waals surface area contributed by atoms with Crippen LogP contribution >= 0.6 is 0 Å². The average Bonchev–Trinajstić information content (AvgIpc) is 2.72. The summed E-state index contributed by atoms with van der Waals surface area (Å²) >= 11 is 0. The van der Waals surface area contributed by atoms with Gasteiger partial charge in [0.25, 0.3) is 11.8 Å². The molecular weight excluding hydrogens is 370 g/mol. The van der Waals surface area contributed by atoms with Gasteiger partial charge in [-0.25, -0.2) is 4.79 Å². The molecule has 0 fully saturated rings. The van der Waals surface area contributed by atoms with Crippen molar-refractivity contribution in [2.75, 3.05) is 11.9 Å². The van der Waals surface area contributed by atoms with Crippen LogP contribution < -0.4 is 10.6 Å². The Morgan fingerprint density at radius 2 is 1.69 bits per heavy atom. The van der Waals surface area contributed by atoms with Gasteiger partial charge in [-0.3, -0.25) is 9.59 Å². The summed E-state index contributed by atoms with van der Waals surface area (Å²) in [6.07, 6.45) is 0.371. The van der Waals surface area contributed by atoms with Crippen LogP contribution in [0.25, 0.3) is 0 Å². The minimum Gasteiger partial charge on any atom is -0.454 e. The Morgan fingerprint density at radius 3 is 2.34 bits per heavy atom. The highest BCUT2D eigenvalue weighted by Gasteiger charge is 2.24. The van der Waals surface area contributed by atoms with Gasteiger partial charge in [-0.15, -0.1) is 0 Å². The molecule has 2 N–H and O–H groups in total. The van der Waals surface area contributed by atoms with Crippen molar-refractivity contribution in [3.63, 3.8) is 0 Å². The van der Waals surface area contributed by atoms with Crippen LogP contribution in [0, 0.1) is 17.2 Å². The minimum absolute atomic E-state index is 0.125. The van der Waals surface area contributed by atoms with Gasteiger partial charge in [0.1, 0.15) is 12.1 Å². The number of carbonyl (C=O) groups excluding carboxylic acids is 3. The highest BCUT2D eigenvalue weighted by atomic mass is 16.5. The number of hydrogen-bond donors (Lipinski definition) is 2. The smallest absolute Gasteiger partial charge is 0.329 e. The molecule has 0 radical (unpaired) electrons. The number of amides is 2. The standard InChI is InChI=1S/C22H23N3O4/c1-15(2)12-19(25-21(27)16-8-4-3-5-9-16)22(28)29-14-20(26)24-18-11-7-6-10-17(18)13-23/h3-11,15,19H,12,14H2,1-2H3,(H,24,26)(H,25,27)/t19-/m0/s1. The second kappa shape index (κ2) is 10.6. The number of rotatable bonds is 8. The molecule has 7 heteroatoms. The van der Waals surface area contributed by atoms with Crippen LogP contribution in [0.15, 0.2) is 54.6 Å². The first-order valence-electron chi connectivity index (χ1n) is 9.22. The number of hydrogen-bond acceptors (Lipinski definition) is 5. The molecule has 7 nitrogen and oxygen atoms in total. The molecule has 0 spiro atoms. The summed E-state index contributed by atoms with van der Waals surface area (Å²) in [5.74, 6) is -1.52. The third kappa shape index (κ3) is 6.78. The SMILES string of the molecule is CC(C)C[C@H](NC(=O)c1ccccc1)C(=O)OCC(=O)Nc1ccccc1C#N. The van der Waals surface area contributed by atoms with Crippen LogP contribution in [0.5, 0.6) is 0 Å². The van der Waals surface area contributed by atoms with Crippen molar-refractivity contribution in [2.24, 2.45) is 5.92 Å². The highest BCUT2D eigenvalue weighted by molar-refractivity contribution is 5.97. The number of benzene rings is 2. The molecule has 1 atom stereocenters. The topological polar surface area (TPSA) is 108 Å². The summed E-state index contributed by atoms with van der Waals surface area (Å²) < 4.78 is 5.10. The molecule has 0 heterocycles. The molecular formula is C22H23N3O4. The van der Waals surface area contributed by atoms with Gasteiger partial charge in [-0.05, 0) is 36.6 Å². The van der Waals surface area contributed by atoms with Gasteiger partial charge in [0.05, 0.1) is 11.3 Å². The highest BCUT2D eigenvalue weighted by Crippen LogP contribution is 2.13. The maximum atomic E-state index is 12.5. The first-order chi connectivity index (χ1) is 13.9. The Balaban J connectivity index is 1.96. The lowest BCUT2D eigenvalue weighted by Gasteiger charge is -2.19. The minimum atomic E-state index is -0.873. The van der Waals surface area contributed by atoms with E-state index in [0.717, 1.165) is 0 Å². The van der Waals surface area contributed by atoms with Gasteiger partial charge in [0.15, 0.2) is 6.61 Å². The Labute approximate surface area is 169 Å². The molecule has 0 saturated carbocycles. The van der Waals surface area contributed by atoms with Crippen LogP contribution in [0.2, 0.25) is 0 Å². The van der Waals surface area contributed by atoms with Crippen molar-refractivity contribution in [3.8, 4) is 6.07 Å². The lowest BCUT2D eigenvalue weighted by atomic mass is 10.0. The van der Waals surface area contributed by atoms with Crippen molar-refractivity contribution in [2.45, 2.75) is 26.3 Å². The summed E-state index contributed by atoms with van der Waals surface area (Å²) in [7, 11) is 0. The fourth-order valence-corrected chi connectivity index (χ4v) is 2.63. The van der Waals surface area contributed by atoms with Crippen molar-refractivity contribution >= 4 is 23.5 Å². The van der Waals surface area contributed by atoms with E-state index in [4.69, 9.17) is 10.00 Å². The average molecular weight is 393 g/mol.